The summed E-state index contributed by atoms with van der Waals surface area (Å²) < 4.78 is 0. The summed E-state index contributed by atoms with van der Waals surface area (Å²) in [6.07, 6.45) is 0. The molecule has 3 heteroatoms. The summed E-state index contributed by atoms with van der Waals surface area (Å²) >= 11 is 0. The largest absolute Gasteiger partial charge is 0.269 e. The Morgan fingerprint density at radius 1 is 1.20 bits per heavy atom. The van der Waals surface area contributed by atoms with Crippen LogP contribution in [0.15, 0.2) is 0 Å². The zero-order valence-electron chi connectivity index (χ0n) is 1.69. The summed E-state index contributed by atoms with van der Waals surface area (Å²) in [6.45, 7) is 0. The quantitative estimate of drug-likeness (QED) is 0.321. The average Bonchev–Trinajstić information content (AvgIpc) is 0. The van der Waals surface area contributed by atoms with E-state index in [0.29, 0.717) is 0 Å². The molecule has 39 valence electrons. The van der Waals surface area contributed by atoms with Crippen LogP contribution < -0.4 is 0 Å². The lowest BCUT2D eigenvalue weighted by Gasteiger charge is -0.269. The van der Waals surface area contributed by atoms with E-state index in [-0.39, 0.29) is 40.7 Å². The van der Waals surface area contributed by atoms with Gasteiger partial charge in [-0.05, 0) is 0 Å². The van der Waals surface area contributed by atoms with Crippen LogP contribution in [-0.4, -0.2) is 8.41 Å². The van der Waals surface area contributed by atoms with Crippen molar-refractivity contribution in [3.63, 3.8) is 0 Å². The average molecular weight is 102 g/mol. The van der Waals surface area contributed by atoms with Gasteiger partial charge in [-0.25, -0.2) is 0 Å². The van der Waals surface area contributed by atoms with Gasteiger partial charge in [0, 0.05) is 11.3 Å². The Hall–Kier alpha value is 0.425. The van der Waals surface area contributed by atoms with Crippen molar-refractivity contribution in [3.05, 3.63) is 0 Å². The summed E-state index contributed by atoms with van der Waals surface area (Å²) in [4.78, 5) is 0. The van der Waals surface area contributed by atoms with Crippen molar-refractivity contribution in [1.82, 2.24) is 0 Å². The molecule has 0 fully saturated rings. The fourth-order valence-electron chi connectivity index (χ4n) is 0. The lowest BCUT2D eigenvalue weighted by atomic mass is 10.8. The van der Waals surface area contributed by atoms with Crippen LogP contribution in [0.1, 0.15) is 17.7 Å². The Labute approximate surface area is 41.9 Å². The van der Waals surface area contributed by atoms with Gasteiger partial charge in [-0.15, -0.1) is 0 Å². The van der Waals surface area contributed by atoms with Gasteiger partial charge >= 0.3 is 0 Å². The molecule has 0 saturated carbocycles. The van der Waals surface area contributed by atoms with Gasteiger partial charge in [0.1, 0.15) is 0 Å². The van der Waals surface area contributed by atoms with Gasteiger partial charge in [0.2, 0.25) is 0 Å². The third kappa shape index (κ3) is 144. The fraction of sp³-hybridized carbons (Fsp3) is 1.00. The Bertz CT molecular complexity index is 15.7. The van der Waals surface area contributed by atoms with Gasteiger partial charge in [-0.1, -0.05) is 14.9 Å². The molecule has 0 aromatic carbocycles. The molecule has 0 saturated heterocycles. The minimum atomic E-state index is 0. The highest BCUT2D eigenvalue weighted by atomic mass is 31.0. The molecule has 0 N–H and O–H groups in total. The summed E-state index contributed by atoms with van der Waals surface area (Å²) in [5.74, 6) is 0. The molecule has 0 aliphatic rings. The molecule has 0 aromatic rings. The Morgan fingerprint density at radius 2 is 1.20 bits per heavy atom. The van der Waals surface area contributed by atoms with Crippen LogP contribution in [0.2, 0.25) is 0 Å². The van der Waals surface area contributed by atoms with Crippen LogP contribution in [0.4, 0.5) is 4.70 Å². The Kier molecular flexibility index (Phi) is 33800. The standard InChI is InChI=1S/2CH4.B.FH.H3P.2H2/h2*1H4;;1H;1H3;2*1H/i;;;;;1+1;. The molecule has 0 heterocycles. The summed E-state index contributed by atoms with van der Waals surface area (Å²) in [7, 11) is 0. The lowest BCUT2D eigenvalue weighted by Crippen LogP contribution is -0.381. The van der Waals surface area contributed by atoms with Gasteiger partial charge in [-0.2, -0.15) is 9.90 Å². The van der Waals surface area contributed by atoms with Crippen molar-refractivity contribution in [2.75, 3.05) is 0 Å². The van der Waals surface area contributed by atoms with E-state index in [0.717, 1.165) is 0 Å². The number of hydrogen-bond donors (Lipinski definition) is 0. The second kappa shape index (κ2) is 287. The van der Waals surface area contributed by atoms with Crippen LogP contribution in [-0.2, 0) is 0 Å². The molecule has 0 nitrogen and oxygen atoms in total. The first kappa shape index (κ1) is 588. The minimum absolute atomic E-state index is 0. The molecule has 0 amide bonds. The zero-order valence-corrected chi connectivity index (χ0v) is 3.11. The molecule has 1 unspecified atom stereocenters. The van der Waals surface area contributed by atoms with Gasteiger partial charge < -0.3 is 0 Å². The number of hydrogen-bond acceptors (Lipinski definition) is 0. The Morgan fingerprint density at radius 3 is 1.20 bits per heavy atom. The Balaban J connectivity index is 0. The molecule has 0 rings (SSSR count). The second-order valence-electron chi connectivity index (χ2n) is 0. The van der Waals surface area contributed by atoms with Crippen LogP contribution in [0, 0.1) is 0 Å². The van der Waals surface area contributed by atoms with E-state index in [2.05, 4.69) is 0 Å². The summed E-state index contributed by atoms with van der Waals surface area (Å²) in [5.41, 5.74) is 0. The molecule has 5 heavy (non-hydrogen) atoms. The monoisotopic (exact) mass is 102 g/mol. The first-order valence-electron chi connectivity index (χ1n) is 0. The van der Waals surface area contributed by atoms with Gasteiger partial charge in [0.05, 0.1) is 0 Å². The zero-order chi connectivity index (χ0) is 0. The highest BCUT2D eigenvalue weighted by Gasteiger charge is 0.0000369. The molecule has 0 bridgehead atoms. The van der Waals surface area contributed by atoms with E-state index in [1.54, 1.807) is 0 Å². The van der Waals surface area contributed by atoms with E-state index >= 15 is 0 Å². The first-order valence-corrected chi connectivity index (χ1v) is 0. The maximum absolute atomic E-state index is 0. The molecule has 0 spiro atoms. The molecular weight excluding hydrogens is 84.8 g/mol. The predicted molar refractivity (Wildman–Crippen MR) is 37.1 cm³/mol. The predicted octanol–water partition coefficient (Wildman–Crippen LogP) is 1.59. The van der Waals surface area contributed by atoms with Gasteiger partial charge in [0.15, 0.2) is 0 Å². The third-order valence-electron chi connectivity index (χ3n) is 0. The van der Waals surface area contributed by atoms with E-state index in [1.807, 2.05) is 0 Å². The molecule has 0 aliphatic carbocycles. The van der Waals surface area contributed by atoms with Gasteiger partial charge in [0.25, 0.3) is 0 Å². The SMILES string of the molecule is C.C.F.P.[2HH].[B].[HH]. The number of rotatable bonds is 0. The van der Waals surface area contributed by atoms with Crippen molar-refractivity contribution in [1.29, 1.82) is 0 Å². The summed E-state index contributed by atoms with van der Waals surface area (Å²) in [6, 6.07) is 0. The molecule has 0 aliphatic heterocycles. The topological polar surface area (TPSA) is 0 Å². The van der Waals surface area contributed by atoms with Crippen LogP contribution in [0.3, 0.4) is 0 Å². The van der Waals surface area contributed by atoms with Crippen molar-refractivity contribution in [2.24, 2.45) is 0 Å². The molecule has 3 radical (unpaired) electrons. The summed E-state index contributed by atoms with van der Waals surface area (Å²) in [5, 5.41) is 0. The highest BCUT2D eigenvalue weighted by molar-refractivity contribution is 6.92. The normalized spacial score (nSPS) is 0. The maximum atomic E-state index is 0. The number of halogens is 1. The lowest BCUT2D eigenvalue weighted by molar-refractivity contribution is 1.11. The van der Waals surface area contributed by atoms with Crippen molar-refractivity contribution < 1.29 is 7.56 Å². The highest BCUT2D eigenvalue weighted by Crippen LogP contribution is 0.861. The van der Waals surface area contributed by atoms with Crippen LogP contribution >= 0.6 is 9.90 Å². The van der Waals surface area contributed by atoms with E-state index < -0.39 is 0 Å². The van der Waals surface area contributed by atoms with E-state index in [9.17, 15) is 0 Å². The van der Waals surface area contributed by atoms with Gasteiger partial charge in [-0.3, -0.25) is 4.70 Å². The molecule has 0 aromatic heterocycles. The van der Waals surface area contributed by atoms with Crippen molar-refractivity contribution in [2.45, 2.75) is 14.9 Å². The van der Waals surface area contributed by atoms with Crippen LogP contribution in [0.5, 0.6) is 0 Å². The fourth-order valence-corrected chi connectivity index (χ4v) is 0. The minimum Gasteiger partial charge on any atom is -0.269 e. The van der Waals surface area contributed by atoms with Crippen molar-refractivity contribution >= 4 is 18.3 Å². The third-order valence-corrected chi connectivity index (χ3v) is 0. The van der Waals surface area contributed by atoms with Crippen LogP contribution in [0.25, 0.3) is 0 Å². The van der Waals surface area contributed by atoms with E-state index in [4.69, 9.17) is 0 Å². The van der Waals surface area contributed by atoms with E-state index in [1.165, 1.54) is 0 Å². The second-order valence-corrected chi connectivity index (χ2v) is 0. The van der Waals surface area contributed by atoms with Crippen molar-refractivity contribution in [3.8, 4) is 0 Å². The first-order chi connectivity index (χ1) is 0. The molecular formula is C2H16BFP. The maximum Gasteiger partial charge on any atom is 0 e. The smallest absolute Gasteiger partial charge is 0 e. The molecule has 1 atom stereocenters.